The van der Waals surface area contributed by atoms with Crippen LogP contribution in [0.3, 0.4) is 0 Å². The second-order valence-electron chi connectivity index (χ2n) is 5.02. The molecule has 8 nitrogen and oxygen atoms in total. The first-order chi connectivity index (χ1) is 10.2. The van der Waals surface area contributed by atoms with Crippen LogP contribution in [-0.2, 0) is 18.4 Å². The molecule has 0 spiro atoms. The van der Waals surface area contributed by atoms with Gasteiger partial charge in [0, 0.05) is 26.3 Å². The highest BCUT2D eigenvalue weighted by molar-refractivity contribution is 5.92. The van der Waals surface area contributed by atoms with Crippen molar-refractivity contribution in [3.8, 4) is 0 Å². The summed E-state index contributed by atoms with van der Waals surface area (Å²) in [6.07, 6.45) is 4.78. The van der Waals surface area contributed by atoms with Crippen molar-refractivity contribution < 1.29 is 14.1 Å². The number of aromatic nitrogens is 4. The van der Waals surface area contributed by atoms with Crippen molar-refractivity contribution in [2.45, 2.75) is 25.6 Å². The summed E-state index contributed by atoms with van der Waals surface area (Å²) in [6.45, 7) is 1.69. The molecule has 0 N–H and O–H groups in total. The fraction of sp³-hybridized carbons (Fsp3) is 0.538. The number of amides is 1. The summed E-state index contributed by atoms with van der Waals surface area (Å²) >= 11 is 0. The summed E-state index contributed by atoms with van der Waals surface area (Å²) in [5.41, 5.74) is 0.490. The summed E-state index contributed by atoms with van der Waals surface area (Å²) in [5, 5.41) is 7.84. The average Bonchev–Trinajstić information content (AvgIpc) is 3.16. The molecular formula is C13H17N5O3. The van der Waals surface area contributed by atoms with Gasteiger partial charge in [0.15, 0.2) is 5.82 Å². The van der Waals surface area contributed by atoms with Gasteiger partial charge in [0.2, 0.25) is 6.39 Å². The standard InChI is InChI=1S/C13H17N5O3/c1-17-5-4-11(15-17)13(19)18-6-2-10(3-7-18)20-8-12-14-9-21-16-12/h4-5,9-10H,2-3,6-8H2,1H3. The van der Waals surface area contributed by atoms with Crippen molar-refractivity contribution in [1.29, 1.82) is 0 Å². The third kappa shape index (κ3) is 3.27. The Bertz CT molecular complexity index is 587. The molecule has 0 unspecified atom stereocenters. The Labute approximate surface area is 121 Å². The van der Waals surface area contributed by atoms with Crippen molar-refractivity contribution >= 4 is 5.91 Å². The normalized spacial score (nSPS) is 16.3. The van der Waals surface area contributed by atoms with Gasteiger partial charge in [-0.25, -0.2) is 0 Å². The molecule has 3 heterocycles. The SMILES string of the molecule is Cn1ccc(C(=O)N2CCC(OCc3ncon3)CC2)n1. The summed E-state index contributed by atoms with van der Waals surface area (Å²) in [4.78, 5) is 18.0. The predicted molar refractivity (Wildman–Crippen MR) is 71.2 cm³/mol. The highest BCUT2D eigenvalue weighted by Gasteiger charge is 2.25. The quantitative estimate of drug-likeness (QED) is 0.821. The lowest BCUT2D eigenvalue weighted by atomic mass is 10.1. The molecular weight excluding hydrogens is 274 g/mol. The fourth-order valence-electron chi connectivity index (χ4n) is 2.37. The molecule has 0 radical (unpaired) electrons. The van der Waals surface area contributed by atoms with Crippen molar-refractivity contribution in [2.24, 2.45) is 7.05 Å². The molecule has 0 bridgehead atoms. The van der Waals surface area contributed by atoms with E-state index in [1.165, 1.54) is 6.39 Å². The van der Waals surface area contributed by atoms with E-state index >= 15 is 0 Å². The Kier molecular flexibility index (Phi) is 3.96. The monoisotopic (exact) mass is 291 g/mol. The maximum atomic E-state index is 12.2. The zero-order chi connectivity index (χ0) is 14.7. The molecule has 21 heavy (non-hydrogen) atoms. The first kappa shape index (κ1) is 13.7. The van der Waals surface area contributed by atoms with Gasteiger partial charge in [0.25, 0.3) is 5.91 Å². The molecule has 112 valence electrons. The number of rotatable bonds is 4. The first-order valence-electron chi connectivity index (χ1n) is 6.88. The number of likely N-dealkylation sites (tertiary alicyclic amines) is 1. The summed E-state index contributed by atoms with van der Waals surface area (Å²) in [5.74, 6) is 0.522. The lowest BCUT2D eigenvalue weighted by Gasteiger charge is -2.31. The maximum Gasteiger partial charge on any atom is 0.274 e. The van der Waals surface area contributed by atoms with Crippen LogP contribution < -0.4 is 0 Å². The lowest BCUT2D eigenvalue weighted by Crippen LogP contribution is -2.41. The highest BCUT2D eigenvalue weighted by Crippen LogP contribution is 2.16. The smallest absolute Gasteiger partial charge is 0.274 e. The molecule has 2 aromatic rings. The Morgan fingerprint density at radius 3 is 2.90 bits per heavy atom. The number of hydrogen-bond acceptors (Lipinski definition) is 6. The van der Waals surface area contributed by atoms with Crippen molar-refractivity contribution in [1.82, 2.24) is 24.8 Å². The van der Waals surface area contributed by atoms with Crippen LogP contribution in [-0.4, -0.2) is 49.9 Å². The number of carbonyl (C=O) groups excluding carboxylic acids is 1. The van der Waals surface area contributed by atoms with Gasteiger partial charge in [-0.2, -0.15) is 10.1 Å². The van der Waals surface area contributed by atoms with E-state index in [-0.39, 0.29) is 12.0 Å². The van der Waals surface area contributed by atoms with Crippen LogP contribution in [0.5, 0.6) is 0 Å². The van der Waals surface area contributed by atoms with E-state index < -0.39 is 0 Å². The maximum absolute atomic E-state index is 12.2. The van der Waals surface area contributed by atoms with Crippen molar-refractivity contribution in [3.63, 3.8) is 0 Å². The Morgan fingerprint density at radius 2 is 2.29 bits per heavy atom. The minimum atomic E-state index is -0.0211. The molecule has 1 aliphatic heterocycles. The fourth-order valence-corrected chi connectivity index (χ4v) is 2.37. The Morgan fingerprint density at radius 1 is 1.48 bits per heavy atom. The Hall–Kier alpha value is -2.22. The highest BCUT2D eigenvalue weighted by atomic mass is 16.5. The lowest BCUT2D eigenvalue weighted by molar-refractivity contribution is -0.00363. The van der Waals surface area contributed by atoms with Crippen LogP contribution in [0.1, 0.15) is 29.2 Å². The molecule has 8 heteroatoms. The van der Waals surface area contributed by atoms with E-state index in [9.17, 15) is 4.79 Å². The van der Waals surface area contributed by atoms with Crippen LogP contribution in [0.4, 0.5) is 0 Å². The number of hydrogen-bond donors (Lipinski definition) is 0. The van der Waals surface area contributed by atoms with Crippen molar-refractivity contribution in [3.05, 3.63) is 30.2 Å². The number of ether oxygens (including phenoxy) is 1. The summed E-state index contributed by atoms with van der Waals surface area (Å²) in [7, 11) is 1.80. The minimum Gasteiger partial charge on any atom is -0.370 e. The molecule has 1 aliphatic rings. The van der Waals surface area contributed by atoms with Gasteiger partial charge in [0.1, 0.15) is 12.3 Å². The van der Waals surface area contributed by atoms with E-state index in [4.69, 9.17) is 4.74 Å². The van der Waals surface area contributed by atoms with Gasteiger partial charge < -0.3 is 14.2 Å². The summed E-state index contributed by atoms with van der Waals surface area (Å²) < 4.78 is 12.0. The zero-order valence-corrected chi connectivity index (χ0v) is 11.8. The van der Waals surface area contributed by atoms with Crippen LogP contribution in [0.15, 0.2) is 23.2 Å². The van der Waals surface area contributed by atoms with E-state index in [2.05, 4.69) is 19.8 Å². The van der Waals surface area contributed by atoms with E-state index in [0.717, 1.165) is 12.8 Å². The molecule has 0 saturated carbocycles. The van der Waals surface area contributed by atoms with E-state index in [1.54, 1.807) is 24.0 Å². The number of nitrogens with zero attached hydrogens (tertiary/aromatic N) is 5. The van der Waals surface area contributed by atoms with Gasteiger partial charge in [-0.3, -0.25) is 9.48 Å². The topological polar surface area (TPSA) is 86.3 Å². The molecule has 0 atom stereocenters. The average molecular weight is 291 g/mol. The van der Waals surface area contributed by atoms with Crippen molar-refractivity contribution in [2.75, 3.05) is 13.1 Å². The van der Waals surface area contributed by atoms with Gasteiger partial charge in [0.05, 0.1) is 6.10 Å². The van der Waals surface area contributed by atoms with Crippen LogP contribution in [0, 0.1) is 0 Å². The molecule has 3 rings (SSSR count). The second kappa shape index (κ2) is 6.04. The van der Waals surface area contributed by atoms with Gasteiger partial charge in [-0.15, -0.1) is 0 Å². The second-order valence-corrected chi connectivity index (χ2v) is 5.02. The molecule has 0 aromatic carbocycles. The molecule has 0 aliphatic carbocycles. The van der Waals surface area contributed by atoms with E-state index in [1.807, 2.05) is 4.90 Å². The van der Waals surface area contributed by atoms with E-state index in [0.29, 0.717) is 31.2 Å². The third-order valence-corrected chi connectivity index (χ3v) is 3.52. The molecule has 1 fully saturated rings. The minimum absolute atomic E-state index is 0.0211. The molecule has 2 aromatic heterocycles. The van der Waals surface area contributed by atoms with Crippen LogP contribution in [0.25, 0.3) is 0 Å². The third-order valence-electron chi connectivity index (χ3n) is 3.52. The Balaban J connectivity index is 1.47. The number of aryl methyl sites for hydroxylation is 1. The number of piperidine rings is 1. The van der Waals surface area contributed by atoms with Gasteiger partial charge in [-0.05, 0) is 18.9 Å². The van der Waals surface area contributed by atoms with Gasteiger partial charge in [-0.1, -0.05) is 5.16 Å². The zero-order valence-electron chi connectivity index (χ0n) is 11.8. The first-order valence-corrected chi connectivity index (χ1v) is 6.88. The largest absolute Gasteiger partial charge is 0.370 e. The summed E-state index contributed by atoms with van der Waals surface area (Å²) in [6, 6.07) is 1.74. The molecule has 1 saturated heterocycles. The van der Waals surface area contributed by atoms with Crippen LogP contribution in [0.2, 0.25) is 0 Å². The molecule has 1 amide bonds. The van der Waals surface area contributed by atoms with Crippen LogP contribution >= 0.6 is 0 Å². The predicted octanol–water partition coefficient (Wildman–Crippen LogP) is 0.625. The number of carbonyl (C=O) groups is 1. The van der Waals surface area contributed by atoms with Gasteiger partial charge >= 0.3 is 0 Å².